The van der Waals surface area contributed by atoms with Crippen molar-refractivity contribution in [2.24, 2.45) is 0 Å². The van der Waals surface area contributed by atoms with Gasteiger partial charge >= 0.3 is 16.3 Å². The van der Waals surface area contributed by atoms with Gasteiger partial charge in [0.15, 0.2) is 0 Å². The summed E-state index contributed by atoms with van der Waals surface area (Å²) in [5, 5.41) is 12.8. The smallest absolute Gasteiger partial charge is 0.363 e. The van der Waals surface area contributed by atoms with Crippen LogP contribution in [0.15, 0.2) is 223 Å². The molecule has 0 aliphatic carbocycles. The lowest BCUT2D eigenvalue weighted by molar-refractivity contribution is 0.619. The van der Waals surface area contributed by atoms with Crippen molar-refractivity contribution in [1.29, 1.82) is 0 Å². The van der Waals surface area contributed by atoms with E-state index in [-0.39, 0.29) is 0 Å². The summed E-state index contributed by atoms with van der Waals surface area (Å²) < 4.78 is 33.5. The van der Waals surface area contributed by atoms with Crippen LogP contribution in [0.25, 0.3) is 87.0 Å². The number of nitrogens with zero attached hydrogens (tertiary/aromatic N) is 2. The second-order valence-electron chi connectivity index (χ2n) is 14.7. The molecule has 0 amide bonds. The second kappa shape index (κ2) is 14.2. The highest BCUT2D eigenvalue weighted by Crippen LogP contribution is 2.52. The molecule has 0 N–H and O–H groups in total. The molecule has 60 heavy (non-hydrogen) atoms. The molecule has 0 bridgehead atoms. The van der Waals surface area contributed by atoms with Gasteiger partial charge in [0.2, 0.25) is 0 Å². The zero-order valence-corrected chi connectivity index (χ0v) is 33.8. The minimum Gasteiger partial charge on any atom is -0.403 e. The van der Waals surface area contributed by atoms with Crippen LogP contribution in [0.4, 0.5) is 11.4 Å². The van der Waals surface area contributed by atoms with Crippen molar-refractivity contribution in [2.75, 3.05) is 9.56 Å². The summed E-state index contributed by atoms with van der Waals surface area (Å²) in [6, 6.07) is 71.2. The van der Waals surface area contributed by atoms with Crippen LogP contribution in [0.3, 0.4) is 0 Å². The van der Waals surface area contributed by atoms with Gasteiger partial charge in [-0.1, -0.05) is 158 Å². The van der Waals surface area contributed by atoms with E-state index in [1.807, 2.05) is 36.4 Å². The fraction of sp³-hybridized carbons (Fsp3) is 0. The van der Waals surface area contributed by atoms with Gasteiger partial charge in [0, 0.05) is 21.5 Å². The Balaban J connectivity index is 1.24. The lowest BCUT2D eigenvalue weighted by atomic mass is 9.99. The molecular formula is C52H34N2O4P2. The molecule has 0 aliphatic rings. The van der Waals surface area contributed by atoms with Gasteiger partial charge in [0.25, 0.3) is 0 Å². The Bertz CT molecular complexity index is 3260. The number of hydrogen-bond acceptors (Lipinski definition) is 6. The first-order chi connectivity index (χ1) is 29.8. The predicted octanol–water partition coefficient (Wildman–Crippen LogP) is 16.7. The monoisotopic (exact) mass is 812 g/mol. The molecular weight excluding hydrogens is 779 g/mol. The maximum atomic E-state index is 7.32. The summed E-state index contributed by atoms with van der Waals surface area (Å²) in [5.41, 5.74) is 4.60. The Labute approximate surface area is 345 Å². The lowest BCUT2D eigenvalue weighted by Crippen LogP contribution is -2.31. The largest absolute Gasteiger partial charge is 0.403 e. The first kappa shape index (κ1) is 34.7. The zero-order valence-electron chi connectivity index (χ0n) is 32.1. The Kier molecular flexibility index (Phi) is 8.19. The minimum atomic E-state index is -1.99. The molecule has 0 spiro atoms. The Morgan fingerprint density at radius 1 is 0.250 bits per heavy atom. The zero-order chi connectivity index (χ0) is 39.6. The summed E-state index contributed by atoms with van der Waals surface area (Å²) in [6.45, 7) is 0. The van der Waals surface area contributed by atoms with Gasteiger partial charge in [-0.2, -0.15) is 9.56 Å². The van der Waals surface area contributed by atoms with Crippen molar-refractivity contribution in [1.82, 2.24) is 0 Å². The third kappa shape index (κ3) is 5.65. The quantitative estimate of drug-likeness (QED) is 0.161. The number of benzene rings is 10. The third-order valence-corrected chi connectivity index (χ3v) is 14.2. The van der Waals surface area contributed by atoms with Gasteiger partial charge in [0.05, 0.1) is 11.4 Å². The number of hydrogen-bond donors (Lipinski definition) is 0. The Morgan fingerprint density at radius 2 is 0.500 bits per heavy atom. The molecule has 0 aliphatic heterocycles. The molecule has 6 nitrogen and oxygen atoms in total. The molecule has 0 saturated carbocycles. The van der Waals surface area contributed by atoms with Crippen LogP contribution in [0.1, 0.15) is 0 Å². The lowest BCUT2D eigenvalue weighted by Gasteiger charge is -2.31. The fourth-order valence-corrected chi connectivity index (χ4v) is 11.7. The van der Waals surface area contributed by atoms with E-state index in [9.17, 15) is 0 Å². The molecule has 0 fully saturated rings. The number of hydrazine groups is 1. The summed E-state index contributed by atoms with van der Waals surface area (Å²) in [5.74, 6) is 0. The highest BCUT2D eigenvalue weighted by atomic mass is 31.1. The SMILES string of the molecule is c1ccc(N(N(c2ccccc2)p2oc3ccc4ccccc4c3c3c(ccc4ccccc43)o2)p2oc3ccc4ccccc4c3c3c(ccc4ccccc43)o2)cc1. The highest BCUT2D eigenvalue weighted by molar-refractivity contribution is 7.45. The van der Waals surface area contributed by atoms with E-state index in [1.54, 1.807) is 0 Å². The number of rotatable bonds is 5. The van der Waals surface area contributed by atoms with Crippen molar-refractivity contribution in [3.63, 3.8) is 0 Å². The second-order valence-corrected chi connectivity index (χ2v) is 17.2. The molecule has 12 rings (SSSR count). The van der Waals surface area contributed by atoms with Gasteiger partial charge in [0.1, 0.15) is 22.3 Å². The van der Waals surface area contributed by atoms with E-state index >= 15 is 0 Å². The van der Waals surface area contributed by atoms with Crippen LogP contribution in [-0.2, 0) is 0 Å². The van der Waals surface area contributed by atoms with Crippen LogP contribution >= 0.6 is 16.3 Å². The average molecular weight is 813 g/mol. The maximum absolute atomic E-state index is 7.32. The van der Waals surface area contributed by atoms with Crippen molar-refractivity contribution >= 4 is 115 Å². The number of para-hydroxylation sites is 2. The van der Waals surface area contributed by atoms with E-state index in [0.717, 1.165) is 98.3 Å². The predicted molar refractivity (Wildman–Crippen MR) is 251 cm³/mol. The molecule has 0 radical (unpaired) electrons. The average Bonchev–Trinajstić information content (AvgIpc) is 3.60. The van der Waals surface area contributed by atoms with Crippen LogP contribution in [0.2, 0.25) is 0 Å². The summed E-state index contributed by atoms with van der Waals surface area (Å²) in [6.07, 6.45) is 0. The van der Waals surface area contributed by atoms with Crippen molar-refractivity contribution < 1.29 is 16.8 Å². The van der Waals surface area contributed by atoms with Crippen LogP contribution in [0.5, 0.6) is 0 Å². The normalized spacial score (nSPS) is 11.7. The topological polar surface area (TPSA) is 59.0 Å². The molecule has 12 aromatic rings. The van der Waals surface area contributed by atoms with E-state index < -0.39 is 16.3 Å². The highest BCUT2D eigenvalue weighted by Gasteiger charge is 2.30. The molecule has 0 atom stereocenters. The van der Waals surface area contributed by atoms with Crippen molar-refractivity contribution in [2.45, 2.75) is 0 Å². The molecule has 286 valence electrons. The van der Waals surface area contributed by atoms with E-state index in [1.165, 1.54) is 0 Å². The molecule has 2 heterocycles. The molecule has 10 aromatic carbocycles. The van der Waals surface area contributed by atoms with Crippen LogP contribution in [0, 0.1) is 0 Å². The number of anilines is 2. The maximum Gasteiger partial charge on any atom is 0.363 e. The molecule has 0 unspecified atom stereocenters. The Hall–Kier alpha value is -7.36. The van der Waals surface area contributed by atoms with E-state index in [2.05, 4.69) is 179 Å². The van der Waals surface area contributed by atoms with E-state index in [4.69, 9.17) is 16.8 Å². The molecule has 2 aromatic heterocycles. The third-order valence-electron chi connectivity index (χ3n) is 11.2. The minimum absolute atomic E-state index is 0.730. The fourth-order valence-electron chi connectivity index (χ4n) is 8.54. The van der Waals surface area contributed by atoms with Gasteiger partial charge < -0.3 is 16.8 Å². The van der Waals surface area contributed by atoms with Crippen molar-refractivity contribution in [3.05, 3.63) is 206 Å². The van der Waals surface area contributed by atoms with Gasteiger partial charge in [-0.05, 0) is 91.6 Å². The van der Waals surface area contributed by atoms with Gasteiger partial charge in [-0.25, -0.2) is 0 Å². The first-order valence-electron chi connectivity index (χ1n) is 19.9. The van der Waals surface area contributed by atoms with Gasteiger partial charge in [-0.3, -0.25) is 0 Å². The summed E-state index contributed by atoms with van der Waals surface area (Å²) in [7, 11) is -3.99. The standard InChI is InChI=1S/C52H34N2O4P2/c1-3-19-39(20-4-1)53(59-55-45-31-27-35-15-7-11-23-41(35)49(45)50-42-24-12-8-16-36(42)28-32-46(50)56-59)54(40-21-5-2-6-22-40)60-57-47-33-29-37-17-9-13-25-43(37)51(47)52-44-26-14-10-18-38(44)30-34-48(52)58-60/h1-34H. The summed E-state index contributed by atoms with van der Waals surface area (Å²) in [4.78, 5) is 0. The number of fused-ring (bicyclic) bond motifs is 14. The van der Waals surface area contributed by atoms with E-state index in [0.29, 0.717) is 0 Å². The first-order valence-corrected chi connectivity index (χ1v) is 22.1. The van der Waals surface area contributed by atoms with Crippen LogP contribution in [-0.4, -0.2) is 0 Å². The van der Waals surface area contributed by atoms with Crippen molar-refractivity contribution in [3.8, 4) is 0 Å². The van der Waals surface area contributed by atoms with Crippen LogP contribution < -0.4 is 9.56 Å². The van der Waals surface area contributed by atoms with Gasteiger partial charge in [-0.15, -0.1) is 0 Å². The summed E-state index contributed by atoms with van der Waals surface area (Å²) >= 11 is 0. The molecule has 8 heteroatoms. The Morgan fingerprint density at radius 3 is 0.783 bits per heavy atom. The molecule has 0 saturated heterocycles.